The Morgan fingerprint density at radius 1 is 0.750 bits per heavy atom. The van der Waals surface area contributed by atoms with Gasteiger partial charge < -0.3 is 10.2 Å². The molecule has 5 rings (SSSR count). The second-order valence-corrected chi connectivity index (χ2v) is 11.3. The van der Waals surface area contributed by atoms with Gasteiger partial charge in [0.2, 0.25) is 10.0 Å². The molecule has 1 N–H and O–H groups in total. The fourth-order valence-electron chi connectivity index (χ4n) is 4.82. The van der Waals surface area contributed by atoms with Crippen LogP contribution in [0.3, 0.4) is 0 Å². The number of hydrogen-bond donors (Lipinski definition) is 1. The van der Waals surface area contributed by atoms with Gasteiger partial charge in [-0.05, 0) is 66.9 Å². The van der Waals surface area contributed by atoms with Gasteiger partial charge in [0, 0.05) is 62.8 Å². The van der Waals surface area contributed by atoms with Crippen LogP contribution in [0.1, 0.15) is 28.8 Å². The Labute approximate surface area is 213 Å². The molecule has 1 amide bonds. The molecular weight excluding hydrogens is 472 g/mol. The molecule has 7 nitrogen and oxygen atoms in total. The van der Waals surface area contributed by atoms with E-state index in [9.17, 15) is 13.2 Å². The molecule has 0 aromatic heterocycles. The molecular formula is C28H32N4O3S. The maximum absolute atomic E-state index is 12.8. The highest BCUT2D eigenvalue weighted by Gasteiger charge is 2.28. The average Bonchev–Trinajstić information content (AvgIpc) is 3.46. The smallest absolute Gasteiger partial charge is 0.255 e. The molecule has 0 unspecified atom stereocenters. The van der Waals surface area contributed by atoms with Crippen molar-refractivity contribution in [3.05, 3.63) is 90.0 Å². The lowest BCUT2D eigenvalue weighted by molar-refractivity contribution is 0.102. The molecule has 8 heteroatoms. The molecule has 0 saturated carbocycles. The molecule has 0 aliphatic carbocycles. The predicted molar refractivity (Wildman–Crippen MR) is 143 cm³/mol. The summed E-state index contributed by atoms with van der Waals surface area (Å²) in [5.74, 6) is -0.129. The van der Waals surface area contributed by atoms with Crippen molar-refractivity contribution in [1.29, 1.82) is 0 Å². The first-order valence-electron chi connectivity index (χ1n) is 12.5. The van der Waals surface area contributed by atoms with E-state index in [4.69, 9.17) is 0 Å². The molecule has 3 aromatic carbocycles. The number of hydrogen-bond acceptors (Lipinski definition) is 5. The summed E-state index contributed by atoms with van der Waals surface area (Å²) in [6.45, 7) is 5.19. The third kappa shape index (κ3) is 5.61. The lowest BCUT2D eigenvalue weighted by Gasteiger charge is -2.34. The minimum Gasteiger partial charge on any atom is -0.372 e. The second kappa shape index (κ2) is 10.8. The van der Waals surface area contributed by atoms with Gasteiger partial charge in [-0.25, -0.2) is 8.42 Å². The van der Waals surface area contributed by atoms with Crippen molar-refractivity contribution in [3.63, 3.8) is 0 Å². The highest BCUT2D eigenvalue weighted by molar-refractivity contribution is 7.89. The van der Waals surface area contributed by atoms with E-state index in [0.717, 1.165) is 30.9 Å². The van der Waals surface area contributed by atoms with E-state index in [2.05, 4.69) is 27.2 Å². The molecule has 0 bridgehead atoms. The van der Waals surface area contributed by atoms with Crippen LogP contribution in [0.4, 0.5) is 11.4 Å². The molecule has 188 valence electrons. The molecule has 2 aliphatic rings. The third-order valence-corrected chi connectivity index (χ3v) is 8.84. The lowest BCUT2D eigenvalue weighted by atomic mass is 10.1. The van der Waals surface area contributed by atoms with Crippen LogP contribution in [0.15, 0.2) is 83.8 Å². The zero-order valence-electron chi connectivity index (χ0n) is 20.3. The van der Waals surface area contributed by atoms with Crippen molar-refractivity contribution >= 4 is 27.3 Å². The first kappa shape index (κ1) is 24.5. The highest BCUT2D eigenvalue weighted by Crippen LogP contribution is 2.23. The Kier molecular flexibility index (Phi) is 7.36. The Bertz CT molecular complexity index is 1260. The van der Waals surface area contributed by atoms with Crippen LogP contribution in [-0.4, -0.2) is 62.8 Å². The molecule has 3 aromatic rings. The summed E-state index contributed by atoms with van der Waals surface area (Å²) < 4.78 is 27.2. The molecule has 2 heterocycles. The van der Waals surface area contributed by atoms with Gasteiger partial charge in [-0.3, -0.25) is 9.69 Å². The number of carbonyl (C=O) groups excluding carboxylic acids is 1. The van der Waals surface area contributed by atoms with Crippen LogP contribution in [-0.2, 0) is 16.6 Å². The zero-order chi connectivity index (χ0) is 25.0. The number of nitrogens with zero attached hydrogens (tertiary/aromatic N) is 3. The normalized spacial score (nSPS) is 17.3. The highest BCUT2D eigenvalue weighted by atomic mass is 32.2. The van der Waals surface area contributed by atoms with Crippen molar-refractivity contribution in [1.82, 2.24) is 9.21 Å². The van der Waals surface area contributed by atoms with E-state index in [-0.39, 0.29) is 5.91 Å². The number of anilines is 2. The minimum absolute atomic E-state index is 0.129. The molecule has 0 spiro atoms. The molecule has 0 radical (unpaired) electrons. The van der Waals surface area contributed by atoms with Crippen molar-refractivity contribution < 1.29 is 13.2 Å². The Balaban J connectivity index is 1.12. The maximum Gasteiger partial charge on any atom is 0.255 e. The monoisotopic (exact) mass is 504 g/mol. The van der Waals surface area contributed by atoms with Gasteiger partial charge in [-0.15, -0.1) is 0 Å². The number of rotatable bonds is 7. The van der Waals surface area contributed by atoms with E-state index in [1.807, 2.05) is 42.5 Å². The van der Waals surface area contributed by atoms with Gasteiger partial charge in [0.25, 0.3) is 5.91 Å². The molecule has 2 saturated heterocycles. The van der Waals surface area contributed by atoms with Gasteiger partial charge >= 0.3 is 0 Å². The van der Waals surface area contributed by atoms with E-state index >= 15 is 0 Å². The number of benzene rings is 3. The van der Waals surface area contributed by atoms with Crippen molar-refractivity contribution in [2.75, 3.05) is 49.5 Å². The van der Waals surface area contributed by atoms with Crippen LogP contribution >= 0.6 is 0 Å². The standard InChI is InChI=1S/C28H32N4O3S/c33-28(29-25-12-14-26(15-13-25)31-16-4-5-17-31)24-10-8-23(9-11-24)22-30-18-20-32(21-19-30)36(34,35)27-6-2-1-3-7-27/h1-3,6-15H,4-5,16-22H2,(H,29,33). The summed E-state index contributed by atoms with van der Waals surface area (Å²) in [5, 5.41) is 2.98. The topological polar surface area (TPSA) is 73.0 Å². The summed E-state index contributed by atoms with van der Waals surface area (Å²) in [6.07, 6.45) is 2.47. The molecule has 36 heavy (non-hydrogen) atoms. The van der Waals surface area contributed by atoms with Crippen molar-refractivity contribution in [2.24, 2.45) is 0 Å². The van der Waals surface area contributed by atoms with Crippen LogP contribution < -0.4 is 10.2 Å². The Hall–Kier alpha value is -3.20. The largest absolute Gasteiger partial charge is 0.372 e. The van der Waals surface area contributed by atoms with Crippen LogP contribution in [0, 0.1) is 0 Å². The van der Waals surface area contributed by atoms with E-state index < -0.39 is 10.0 Å². The fourth-order valence-corrected chi connectivity index (χ4v) is 6.27. The first-order valence-corrected chi connectivity index (χ1v) is 14.0. The van der Waals surface area contributed by atoms with Crippen LogP contribution in [0.5, 0.6) is 0 Å². The van der Waals surface area contributed by atoms with E-state index in [1.54, 1.807) is 28.6 Å². The number of sulfonamides is 1. The van der Waals surface area contributed by atoms with Gasteiger partial charge in [0.05, 0.1) is 4.90 Å². The number of piperazine rings is 1. The fraction of sp³-hybridized carbons (Fsp3) is 0.321. The van der Waals surface area contributed by atoms with Crippen LogP contribution in [0.25, 0.3) is 0 Å². The Morgan fingerprint density at radius 2 is 1.39 bits per heavy atom. The summed E-state index contributed by atoms with van der Waals surface area (Å²) >= 11 is 0. The third-order valence-electron chi connectivity index (χ3n) is 6.93. The number of nitrogens with one attached hydrogen (secondary N) is 1. The minimum atomic E-state index is -3.45. The quantitative estimate of drug-likeness (QED) is 0.526. The maximum atomic E-state index is 12.8. The van der Waals surface area contributed by atoms with E-state index in [0.29, 0.717) is 36.6 Å². The summed E-state index contributed by atoms with van der Waals surface area (Å²) in [7, 11) is -3.45. The van der Waals surface area contributed by atoms with E-state index in [1.165, 1.54) is 18.5 Å². The first-order chi connectivity index (χ1) is 17.5. The molecule has 2 aliphatic heterocycles. The average molecular weight is 505 g/mol. The summed E-state index contributed by atoms with van der Waals surface area (Å²) in [4.78, 5) is 17.7. The predicted octanol–water partition coefficient (Wildman–Crippen LogP) is 4.05. The van der Waals surface area contributed by atoms with Crippen molar-refractivity contribution in [2.45, 2.75) is 24.3 Å². The lowest BCUT2D eigenvalue weighted by Crippen LogP contribution is -2.48. The zero-order valence-corrected chi connectivity index (χ0v) is 21.2. The number of carbonyl (C=O) groups is 1. The Morgan fingerprint density at radius 3 is 2.03 bits per heavy atom. The van der Waals surface area contributed by atoms with Gasteiger partial charge in [0.1, 0.15) is 0 Å². The number of amides is 1. The summed E-state index contributed by atoms with van der Waals surface area (Å²) in [6, 6.07) is 24.3. The summed E-state index contributed by atoms with van der Waals surface area (Å²) in [5.41, 5.74) is 3.70. The van der Waals surface area contributed by atoms with Crippen molar-refractivity contribution in [3.8, 4) is 0 Å². The SMILES string of the molecule is O=C(Nc1ccc(N2CCCC2)cc1)c1ccc(CN2CCN(S(=O)(=O)c3ccccc3)CC2)cc1. The molecule has 2 fully saturated rings. The van der Waals surface area contributed by atoms with Gasteiger partial charge in [-0.1, -0.05) is 30.3 Å². The second-order valence-electron chi connectivity index (χ2n) is 9.39. The van der Waals surface area contributed by atoms with Crippen LogP contribution in [0.2, 0.25) is 0 Å². The van der Waals surface area contributed by atoms with Gasteiger partial charge in [0.15, 0.2) is 0 Å². The van der Waals surface area contributed by atoms with Gasteiger partial charge in [-0.2, -0.15) is 4.31 Å². The molecule has 0 atom stereocenters.